The SMILES string of the molecule is c1ccc(-c2cc3c4c5c(ncc4n4c6cnc7c(c6c(c2)c34)C2CC3CC(CC7C3)C2)CCC5)cc1. The first-order valence-electron chi connectivity index (χ1n) is 14.4. The lowest BCUT2D eigenvalue weighted by Crippen LogP contribution is -2.25. The zero-order valence-electron chi connectivity index (χ0n) is 21.0. The number of nitrogens with zero attached hydrogens (tertiary/aromatic N) is 3. The van der Waals surface area contributed by atoms with E-state index in [0.717, 1.165) is 24.7 Å². The third-order valence-electron chi connectivity index (χ3n) is 10.6. The van der Waals surface area contributed by atoms with Crippen molar-refractivity contribution in [2.24, 2.45) is 11.8 Å². The smallest absolute Gasteiger partial charge is 0.0728 e. The van der Waals surface area contributed by atoms with Gasteiger partial charge in [-0.15, -0.1) is 0 Å². The van der Waals surface area contributed by atoms with Crippen molar-refractivity contribution >= 4 is 38.1 Å². The molecule has 5 aliphatic rings. The second-order valence-corrected chi connectivity index (χ2v) is 12.5. The molecule has 11 rings (SSSR count). The fraction of sp³-hybridized carbons (Fsp3) is 0.353. The summed E-state index contributed by atoms with van der Waals surface area (Å²) in [5, 5.41) is 5.80. The molecule has 0 saturated heterocycles. The number of aromatic nitrogens is 3. The van der Waals surface area contributed by atoms with E-state index in [1.54, 1.807) is 5.56 Å². The maximum absolute atomic E-state index is 5.32. The lowest BCUT2D eigenvalue weighted by atomic mass is 9.67. The summed E-state index contributed by atoms with van der Waals surface area (Å²) in [6.07, 6.45) is 14.8. The minimum Gasteiger partial charge on any atom is -0.305 e. The monoisotopic (exact) mass is 479 g/mol. The van der Waals surface area contributed by atoms with Gasteiger partial charge in [0.1, 0.15) is 0 Å². The molecule has 3 nitrogen and oxygen atoms in total. The Kier molecular flexibility index (Phi) is 3.55. The van der Waals surface area contributed by atoms with Crippen LogP contribution in [0.2, 0.25) is 0 Å². The average Bonchev–Trinajstić information content (AvgIpc) is 3.59. The summed E-state index contributed by atoms with van der Waals surface area (Å²) in [6, 6.07) is 16.0. The first-order chi connectivity index (χ1) is 18.3. The molecule has 2 aromatic carbocycles. The van der Waals surface area contributed by atoms with Crippen LogP contribution in [-0.4, -0.2) is 14.4 Å². The van der Waals surface area contributed by atoms with Crippen LogP contribution >= 0.6 is 0 Å². The highest BCUT2D eigenvalue weighted by molar-refractivity contribution is 6.25. The molecule has 2 fully saturated rings. The molecule has 3 heteroatoms. The molecule has 2 unspecified atom stereocenters. The van der Waals surface area contributed by atoms with Crippen LogP contribution in [-0.2, 0) is 12.8 Å². The second kappa shape index (κ2) is 6.69. The Labute approximate surface area is 215 Å². The zero-order chi connectivity index (χ0) is 23.8. The normalized spacial score (nSPS) is 26.1. The van der Waals surface area contributed by atoms with Crippen LogP contribution in [0.3, 0.4) is 0 Å². The number of rotatable bonds is 1. The average molecular weight is 480 g/mol. The molecule has 0 radical (unpaired) electrons. The summed E-state index contributed by atoms with van der Waals surface area (Å²) >= 11 is 0. The van der Waals surface area contributed by atoms with Crippen LogP contribution in [0.1, 0.15) is 72.9 Å². The van der Waals surface area contributed by atoms with Gasteiger partial charge in [-0.1, -0.05) is 30.3 Å². The van der Waals surface area contributed by atoms with E-state index in [4.69, 9.17) is 9.97 Å². The summed E-state index contributed by atoms with van der Waals surface area (Å²) in [5.41, 5.74) is 12.5. The molecule has 2 saturated carbocycles. The van der Waals surface area contributed by atoms with E-state index in [2.05, 4.69) is 59.3 Å². The van der Waals surface area contributed by atoms with E-state index in [-0.39, 0.29) is 0 Å². The van der Waals surface area contributed by atoms with E-state index >= 15 is 0 Å². The van der Waals surface area contributed by atoms with Gasteiger partial charge in [-0.05, 0) is 104 Å². The lowest BCUT2D eigenvalue weighted by Gasteiger charge is -2.38. The largest absolute Gasteiger partial charge is 0.305 e. The van der Waals surface area contributed by atoms with Gasteiger partial charge in [0.2, 0.25) is 0 Å². The molecule has 180 valence electrons. The summed E-state index contributed by atoms with van der Waals surface area (Å²) in [5.74, 6) is 3.13. The molecular formula is C34H29N3. The van der Waals surface area contributed by atoms with Gasteiger partial charge in [0.15, 0.2) is 0 Å². The van der Waals surface area contributed by atoms with Gasteiger partial charge in [0.25, 0.3) is 0 Å². The van der Waals surface area contributed by atoms with Crippen LogP contribution in [0.5, 0.6) is 0 Å². The molecule has 4 bridgehead atoms. The Morgan fingerprint density at radius 2 is 1.43 bits per heavy atom. The van der Waals surface area contributed by atoms with Crippen molar-refractivity contribution in [3.8, 4) is 11.1 Å². The Bertz CT molecular complexity index is 1900. The van der Waals surface area contributed by atoms with Crippen molar-refractivity contribution in [2.45, 2.75) is 63.2 Å². The van der Waals surface area contributed by atoms with Gasteiger partial charge < -0.3 is 4.40 Å². The van der Waals surface area contributed by atoms with E-state index < -0.39 is 0 Å². The van der Waals surface area contributed by atoms with E-state index in [9.17, 15) is 0 Å². The van der Waals surface area contributed by atoms with Gasteiger partial charge >= 0.3 is 0 Å². The molecule has 0 N–H and O–H groups in total. The number of pyridine rings is 2. The maximum Gasteiger partial charge on any atom is 0.0728 e. The predicted molar refractivity (Wildman–Crippen MR) is 150 cm³/mol. The second-order valence-electron chi connectivity index (χ2n) is 12.5. The van der Waals surface area contributed by atoms with Crippen LogP contribution in [0.15, 0.2) is 54.9 Å². The minimum atomic E-state index is 0.658. The Hall–Kier alpha value is -3.46. The molecule has 4 heterocycles. The van der Waals surface area contributed by atoms with Crippen molar-refractivity contribution in [3.05, 3.63) is 77.4 Å². The van der Waals surface area contributed by atoms with E-state index in [0.29, 0.717) is 11.8 Å². The zero-order valence-corrected chi connectivity index (χ0v) is 21.0. The molecule has 0 spiro atoms. The van der Waals surface area contributed by atoms with Crippen LogP contribution in [0, 0.1) is 11.8 Å². The first-order valence-corrected chi connectivity index (χ1v) is 14.4. The number of benzene rings is 2. The number of hydrogen-bond acceptors (Lipinski definition) is 2. The van der Waals surface area contributed by atoms with Gasteiger partial charge in [-0.25, -0.2) is 0 Å². The van der Waals surface area contributed by atoms with Crippen LogP contribution < -0.4 is 0 Å². The molecule has 0 aliphatic heterocycles. The van der Waals surface area contributed by atoms with Crippen LogP contribution in [0.25, 0.3) is 49.2 Å². The van der Waals surface area contributed by atoms with Crippen molar-refractivity contribution in [2.75, 3.05) is 0 Å². The molecule has 2 atom stereocenters. The van der Waals surface area contributed by atoms with Crippen molar-refractivity contribution < 1.29 is 0 Å². The standard InChI is InChI=1S/C34H29N3/c1-2-5-20(6-3-1)21-14-25-31-24-7-4-8-27(24)35-16-28(31)37-29-17-36-33-23-12-18-9-19(13-23)11-22(10-18)30(33)32(29)26(15-21)34(25)37/h1-3,5-6,14-19,22-23H,4,7-13H2. The first kappa shape index (κ1) is 19.6. The van der Waals surface area contributed by atoms with E-state index in [1.807, 2.05) is 0 Å². The summed E-state index contributed by atoms with van der Waals surface area (Å²) in [6.45, 7) is 0. The van der Waals surface area contributed by atoms with Gasteiger partial charge in [0.05, 0.1) is 28.9 Å². The Morgan fingerprint density at radius 1 is 0.703 bits per heavy atom. The number of fused-ring (bicyclic) bond motifs is 8. The highest BCUT2D eigenvalue weighted by Gasteiger charge is 2.44. The highest BCUT2D eigenvalue weighted by Crippen LogP contribution is 2.58. The van der Waals surface area contributed by atoms with Crippen molar-refractivity contribution in [1.82, 2.24) is 14.4 Å². The Balaban J connectivity index is 1.42. The van der Waals surface area contributed by atoms with E-state index in [1.165, 1.54) is 105 Å². The fourth-order valence-electron chi connectivity index (χ4n) is 9.42. The van der Waals surface area contributed by atoms with Crippen molar-refractivity contribution in [3.63, 3.8) is 0 Å². The molecule has 5 aliphatic carbocycles. The molecule has 37 heavy (non-hydrogen) atoms. The minimum absolute atomic E-state index is 0.658. The predicted octanol–water partition coefficient (Wildman–Crippen LogP) is 8.17. The fourth-order valence-corrected chi connectivity index (χ4v) is 9.42. The third-order valence-corrected chi connectivity index (χ3v) is 10.6. The Morgan fingerprint density at radius 3 is 2.27 bits per heavy atom. The molecular weight excluding hydrogens is 450 g/mol. The topological polar surface area (TPSA) is 30.2 Å². The quantitative estimate of drug-likeness (QED) is 0.238. The van der Waals surface area contributed by atoms with Gasteiger partial charge in [0, 0.05) is 38.9 Å². The molecule has 6 aromatic rings. The third kappa shape index (κ3) is 2.40. The summed E-state index contributed by atoms with van der Waals surface area (Å²) < 4.78 is 2.54. The number of hydrogen-bond donors (Lipinski definition) is 0. The van der Waals surface area contributed by atoms with Gasteiger partial charge in [-0.3, -0.25) is 9.97 Å². The number of aryl methyl sites for hydroxylation is 2. The molecule has 4 aromatic heterocycles. The van der Waals surface area contributed by atoms with Gasteiger partial charge in [-0.2, -0.15) is 0 Å². The molecule has 0 amide bonds. The van der Waals surface area contributed by atoms with Crippen molar-refractivity contribution in [1.29, 1.82) is 0 Å². The van der Waals surface area contributed by atoms with Crippen LogP contribution in [0.4, 0.5) is 0 Å². The highest BCUT2D eigenvalue weighted by atomic mass is 14.9. The lowest BCUT2D eigenvalue weighted by molar-refractivity contribution is 0.165. The summed E-state index contributed by atoms with van der Waals surface area (Å²) in [7, 11) is 0. The summed E-state index contributed by atoms with van der Waals surface area (Å²) in [4.78, 5) is 10.3. The maximum atomic E-state index is 5.32.